The number of piperidine rings is 1. The molecule has 0 spiro atoms. The van der Waals surface area contributed by atoms with Gasteiger partial charge in [0, 0.05) is 36.3 Å². The van der Waals surface area contributed by atoms with Crippen molar-refractivity contribution >= 4 is 17.2 Å². The minimum absolute atomic E-state index is 0.132. The molecule has 0 N–H and O–H groups in total. The van der Waals surface area contributed by atoms with Crippen LogP contribution in [0.2, 0.25) is 0 Å². The third kappa shape index (κ3) is 4.25. The van der Waals surface area contributed by atoms with Gasteiger partial charge in [-0.25, -0.2) is 0 Å². The first-order chi connectivity index (χ1) is 13.7. The Morgan fingerprint density at radius 3 is 2.89 bits per heavy atom. The van der Waals surface area contributed by atoms with E-state index in [1.165, 1.54) is 0 Å². The molecular weight excluding hydrogens is 368 g/mol. The molecule has 4 nitrogen and oxygen atoms in total. The van der Waals surface area contributed by atoms with E-state index in [1.807, 2.05) is 66.6 Å². The van der Waals surface area contributed by atoms with E-state index in [4.69, 9.17) is 4.74 Å². The summed E-state index contributed by atoms with van der Waals surface area (Å²) in [7, 11) is 0. The number of aryl methyl sites for hydroxylation is 1. The van der Waals surface area contributed by atoms with Crippen LogP contribution in [0.25, 0.3) is 10.4 Å². The summed E-state index contributed by atoms with van der Waals surface area (Å²) in [6.07, 6.45) is 5.78. The van der Waals surface area contributed by atoms with Crippen LogP contribution in [0, 0.1) is 12.8 Å². The molecule has 144 valence electrons. The van der Waals surface area contributed by atoms with Crippen molar-refractivity contribution in [3.05, 3.63) is 71.4 Å². The van der Waals surface area contributed by atoms with Crippen LogP contribution in [0.5, 0.6) is 5.75 Å². The number of likely N-dealkylation sites (tertiary alicyclic amines) is 1. The van der Waals surface area contributed by atoms with Crippen molar-refractivity contribution in [1.29, 1.82) is 0 Å². The molecule has 1 atom stereocenters. The molecule has 1 aliphatic heterocycles. The molecule has 4 rings (SSSR count). The first-order valence-corrected chi connectivity index (χ1v) is 10.5. The summed E-state index contributed by atoms with van der Waals surface area (Å²) < 4.78 is 5.91. The average Bonchev–Trinajstić information content (AvgIpc) is 3.23. The normalized spacial score (nSPS) is 16.8. The van der Waals surface area contributed by atoms with Gasteiger partial charge in [0.15, 0.2) is 0 Å². The highest BCUT2D eigenvalue weighted by molar-refractivity contribution is 7.17. The fraction of sp³-hybridized carbons (Fsp3) is 0.304. The van der Waals surface area contributed by atoms with Gasteiger partial charge in [-0.05, 0) is 61.2 Å². The molecule has 1 fully saturated rings. The van der Waals surface area contributed by atoms with Crippen LogP contribution >= 0.6 is 11.3 Å². The van der Waals surface area contributed by atoms with Gasteiger partial charge in [-0.15, -0.1) is 11.3 Å². The van der Waals surface area contributed by atoms with Crippen molar-refractivity contribution < 1.29 is 9.53 Å². The highest BCUT2D eigenvalue weighted by atomic mass is 32.1. The number of para-hydroxylation sites is 1. The summed E-state index contributed by atoms with van der Waals surface area (Å²) in [4.78, 5) is 21.1. The molecule has 1 unspecified atom stereocenters. The molecule has 1 saturated heterocycles. The van der Waals surface area contributed by atoms with Gasteiger partial charge < -0.3 is 9.64 Å². The van der Waals surface area contributed by atoms with E-state index in [2.05, 4.69) is 4.98 Å². The zero-order valence-electron chi connectivity index (χ0n) is 16.0. The van der Waals surface area contributed by atoms with Crippen molar-refractivity contribution in [2.24, 2.45) is 5.92 Å². The van der Waals surface area contributed by atoms with Gasteiger partial charge in [-0.3, -0.25) is 9.78 Å². The number of hydrogen-bond acceptors (Lipinski definition) is 4. The Hall–Kier alpha value is -2.66. The summed E-state index contributed by atoms with van der Waals surface area (Å²) in [5.41, 5.74) is 2.27. The van der Waals surface area contributed by atoms with Crippen LogP contribution in [-0.2, 0) is 0 Å². The van der Waals surface area contributed by atoms with Crippen molar-refractivity contribution in [3.8, 4) is 16.2 Å². The van der Waals surface area contributed by atoms with E-state index in [-0.39, 0.29) is 5.91 Å². The summed E-state index contributed by atoms with van der Waals surface area (Å²) in [6, 6.07) is 15.9. The lowest BCUT2D eigenvalue weighted by Gasteiger charge is -2.32. The first-order valence-electron chi connectivity index (χ1n) is 9.68. The van der Waals surface area contributed by atoms with Crippen molar-refractivity contribution in [2.75, 3.05) is 19.7 Å². The minimum Gasteiger partial charge on any atom is -0.493 e. The van der Waals surface area contributed by atoms with Crippen LogP contribution in [0.3, 0.4) is 0 Å². The van der Waals surface area contributed by atoms with E-state index in [0.29, 0.717) is 12.5 Å². The van der Waals surface area contributed by atoms with Crippen LogP contribution in [0.1, 0.15) is 28.1 Å². The maximum atomic E-state index is 13.0. The monoisotopic (exact) mass is 392 g/mol. The lowest BCUT2D eigenvalue weighted by atomic mass is 9.99. The highest BCUT2D eigenvalue weighted by Crippen LogP contribution is 2.31. The van der Waals surface area contributed by atoms with Gasteiger partial charge in [0.25, 0.3) is 5.91 Å². The number of benzene rings is 1. The van der Waals surface area contributed by atoms with Gasteiger partial charge in [0.05, 0.1) is 11.5 Å². The second-order valence-electron chi connectivity index (χ2n) is 7.24. The lowest BCUT2D eigenvalue weighted by Crippen LogP contribution is -2.41. The number of pyridine rings is 1. The molecule has 1 aliphatic rings. The minimum atomic E-state index is 0.132. The average molecular weight is 393 g/mol. The number of carbonyl (C=O) groups is 1. The summed E-state index contributed by atoms with van der Waals surface area (Å²) >= 11 is 1.56. The molecule has 1 aromatic carbocycles. The third-order valence-electron chi connectivity index (χ3n) is 5.14. The Bertz CT molecular complexity index is 939. The van der Waals surface area contributed by atoms with Crippen LogP contribution in [-0.4, -0.2) is 35.5 Å². The van der Waals surface area contributed by atoms with Crippen molar-refractivity contribution in [1.82, 2.24) is 9.88 Å². The molecule has 0 saturated carbocycles. The molecule has 28 heavy (non-hydrogen) atoms. The molecule has 0 radical (unpaired) electrons. The third-order valence-corrected chi connectivity index (χ3v) is 6.24. The number of ether oxygens (including phenoxy) is 1. The van der Waals surface area contributed by atoms with E-state index >= 15 is 0 Å². The molecule has 1 amide bonds. The number of nitrogens with zero attached hydrogens (tertiary/aromatic N) is 2. The summed E-state index contributed by atoms with van der Waals surface area (Å²) in [6.45, 7) is 4.28. The SMILES string of the molecule is Cc1cnccc1-c1ccc(C(=O)N2CCCC(COc3ccccc3)C2)s1. The zero-order valence-corrected chi connectivity index (χ0v) is 16.8. The van der Waals surface area contributed by atoms with Gasteiger partial charge in [0.2, 0.25) is 0 Å². The van der Waals surface area contributed by atoms with E-state index in [9.17, 15) is 4.79 Å². The fourth-order valence-corrected chi connectivity index (χ4v) is 4.68. The summed E-state index contributed by atoms with van der Waals surface area (Å²) in [5.74, 6) is 1.40. The Kier molecular flexibility index (Phi) is 5.72. The molecule has 3 heterocycles. The van der Waals surface area contributed by atoms with Crippen LogP contribution in [0.15, 0.2) is 60.9 Å². The Labute approximate surface area is 169 Å². The maximum absolute atomic E-state index is 13.0. The molecule has 2 aromatic heterocycles. The van der Waals surface area contributed by atoms with Crippen molar-refractivity contribution in [3.63, 3.8) is 0 Å². The van der Waals surface area contributed by atoms with Gasteiger partial charge in [-0.1, -0.05) is 18.2 Å². The molecule has 3 aromatic rings. The maximum Gasteiger partial charge on any atom is 0.263 e. The molecular formula is C23H24N2O2S. The Morgan fingerprint density at radius 2 is 2.07 bits per heavy atom. The number of amides is 1. The Balaban J connectivity index is 1.40. The number of hydrogen-bond donors (Lipinski definition) is 0. The van der Waals surface area contributed by atoms with E-state index in [1.54, 1.807) is 17.5 Å². The standard InChI is InChI=1S/C23H24N2O2S/c1-17-14-24-12-11-20(17)21-9-10-22(28-21)23(26)25-13-5-6-18(15-25)16-27-19-7-3-2-4-8-19/h2-4,7-12,14,18H,5-6,13,15-16H2,1H3. The smallest absolute Gasteiger partial charge is 0.263 e. The first kappa shape index (κ1) is 18.7. The van der Waals surface area contributed by atoms with E-state index in [0.717, 1.165) is 52.6 Å². The van der Waals surface area contributed by atoms with Crippen molar-refractivity contribution in [2.45, 2.75) is 19.8 Å². The van der Waals surface area contributed by atoms with E-state index < -0.39 is 0 Å². The number of thiophene rings is 1. The predicted octanol–water partition coefficient (Wildman–Crippen LogP) is 5.05. The fourth-order valence-electron chi connectivity index (χ4n) is 3.62. The second-order valence-corrected chi connectivity index (χ2v) is 8.32. The number of carbonyl (C=O) groups excluding carboxylic acids is 1. The molecule has 0 aliphatic carbocycles. The topological polar surface area (TPSA) is 42.4 Å². The largest absolute Gasteiger partial charge is 0.493 e. The summed E-state index contributed by atoms with van der Waals surface area (Å²) in [5, 5.41) is 0. The van der Waals surface area contributed by atoms with Gasteiger partial charge >= 0.3 is 0 Å². The lowest BCUT2D eigenvalue weighted by molar-refractivity contribution is 0.0638. The molecule has 5 heteroatoms. The quantitative estimate of drug-likeness (QED) is 0.610. The predicted molar refractivity (Wildman–Crippen MR) is 113 cm³/mol. The number of rotatable bonds is 5. The zero-order chi connectivity index (χ0) is 19.3. The molecule has 0 bridgehead atoms. The highest BCUT2D eigenvalue weighted by Gasteiger charge is 2.26. The van der Waals surface area contributed by atoms with Gasteiger partial charge in [0.1, 0.15) is 5.75 Å². The van der Waals surface area contributed by atoms with Crippen LogP contribution in [0.4, 0.5) is 0 Å². The Morgan fingerprint density at radius 1 is 1.21 bits per heavy atom. The second kappa shape index (κ2) is 8.57. The van der Waals surface area contributed by atoms with Gasteiger partial charge in [-0.2, -0.15) is 0 Å². The van der Waals surface area contributed by atoms with Crippen LogP contribution < -0.4 is 4.74 Å². The number of aromatic nitrogens is 1.